The molecule has 96 valence electrons. The van der Waals surface area contributed by atoms with E-state index in [1.165, 1.54) is 0 Å². The smallest absolute Gasteiger partial charge is 0.320 e. The molecule has 5 nitrogen and oxygen atoms in total. The summed E-state index contributed by atoms with van der Waals surface area (Å²) in [7, 11) is 1.92. The van der Waals surface area contributed by atoms with Crippen molar-refractivity contribution in [3.63, 3.8) is 0 Å². The van der Waals surface area contributed by atoms with E-state index in [1.54, 1.807) is 6.20 Å². The number of aromatic nitrogens is 2. The van der Waals surface area contributed by atoms with Crippen LogP contribution >= 0.6 is 0 Å². The van der Waals surface area contributed by atoms with Gasteiger partial charge in [-0.3, -0.25) is 10.1 Å². The van der Waals surface area contributed by atoms with Crippen LogP contribution in [0.1, 0.15) is 39.6 Å². The second-order valence-corrected chi connectivity index (χ2v) is 5.09. The first-order valence-electron chi connectivity index (χ1n) is 5.72. The van der Waals surface area contributed by atoms with Crippen molar-refractivity contribution in [2.75, 3.05) is 6.54 Å². The highest BCUT2D eigenvalue weighted by Crippen LogP contribution is 2.09. The third-order valence-corrected chi connectivity index (χ3v) is 2.22. The molecule has 1 unspecified atom stereocenters. The number of hydrogen-bond acceptors (Lipinski definition) is 4. The molecule has 0 amide bonds. The minimum atomic E-state index is -0.439. The van der Waals surface area contributed by atoms with Gasteiger partial charge in [0.25, 0.3) is 0 Å². The van der Waals surface area contributed by atoms with Gasteiger partial charge in [0.1, 0.15) is 11.4 Å². The average Bonchev–Trinajstić information content (AvgIpc) is 2.58. The molecule has 1 heterocycles. The fourth-order valence-electron chi connectivity index (χ4n) is 1.50. The van der Waals surface area contributed by atoms with Crippen LogP contribution in [-0.4, -0.2) is 27.7 Å². The standard InChI is InChI=1S/C12H21N3O2/c1-9(11-13-6-7-15(11)5)14-8-10(16)17-12(2,3)4/h6-7,9,14H,8H2,1-5H3. The number of esters is 1. The minimum absolute atomic E-state index is 0.0162. The van der Waals surface area contributed by atoms with Gasteiger partial charge in [0.2, 0.25) is 0 Å². The number of carbonyl (C=O) groups excluding carboxylic acids is 1. The summed E-state index contributed by atoms with van der Waals surface area (Å²) in [6.07, 6.45) is 3.61. The van der Waals surface area contributed by atoms with Crippen LogP contribution in [0.25, 0.3) is 0 Å². The van der Waals surface area contributed by atoms with Gasteiger partial charge in [0.15, 0.2) is 0 Å². The summed E-state index contributed by atoms with van der Waals surface area (Å²) in [5, 5.41) is 3.09. The zero-order chi connectivity index (χ0) is 13.1. The Bertz CT molecular complexity index is 379. The molecule has 0 fully saturated rings. The zero-order valence-corrected chi connectivity index (χ0v) is 11.2. The van der Waals surface area contributed by atoms with Crippen LogP contribution in [0.2, 0.25) is 0 Å². The van der Waals surface area contributed by atoms with Crippen LogP contribution in [0.4, 0.5) is 0 Å². The molecule has 1 aromatic rings. The first kappa shape index (κ1) is 13.7. The molecule has 0 spiro atoms. The molecule has 0 radical (unpaired) electrons. The topological polar surface area (TPSA) is 56.1 Å². The highest BCUT2D eigenvalue weighted by Gasteiger charge is 2.17. The molecule has 1 aromatic heterocycles. The lowest BCUT2D eigenvalue weighted by atomic mass is 10.2. The Labute approximate surface area is 102 Å². The fraction of sp³-hybridized carbons (Fsp3) is 0.667. The molecule has 0 aromatic carbocycles. The van der Waals surface area contributed by atoms with Crippen molar-refractivity contribution in [1.29, 1.82) is 0 Å². The first-order chi connectivity index (χ1) is 7.79. The molecule has 1 atom stereocenters. The monoisotopic (exact) mass is 239 g/mol. The molecular formula is C12H21N3O2. The Kier molecular flexibility index (Phi) is 4.28. The van der Waals surface area contributed by atoms with E-state index in [0.29, 0.717) is 0 Å². The molecule has 0 aliphatic heterocycles. The molecule has 0 aliphatic rings. The fourth-order valence-corrected chi connectivity index (χ4v) is 1.50. The van der Waals surface area contributed by atoms with Crippen LogP contribution in [0.15, 0.2) is 12.4 Å². The third kappa shape index (κ3) is 4.56. The lowest BCUT2D eigenvalue weighted by Gasteiger charge is -2.20. The molecule has 0 bridgehead atoms. The van der Waals surface area contributed by atoms with Crippen molar-refractivity contribution >= 4 is 5.97 Å². The first-order valence-corrected chi connectivity index (χ1v) is 5.72. The van der Waals surface area contributed by atoms with E-state index in [2.05, 4.69) is 10.3 Å². The van der Waals surface area contributed by atoms with Gasteiger partial charge >= 0.3 is 5.97 Å². The van der Waals surface area contributed by atoms with Crippen LogP contribution in [0, 0.1) is 0 Å². The van der Waals surface area contributed by atoms with Crippen LogP contribution in [0.5, 0.6) is 0 Å². The van der Waals surface area contributed by atoms with Gasteiger partial charge in [-0.15, -0.1) is 0 Å². The minimum Gasteiger partial charge on any atom is -0.459 e. The van der Waals surface area contributed by atoms with E-state index in [1.807, 2.05) is 45.5 Å². The van der Waals surface area contributed by atoms with E-state index in [4.69, 9.17) is 4.74 Å². The Morgan fingerprint density at radius 2 is 2.24 bits per heavy atom. The van der Waals surface area contributed by atoms with Crippen molar-refractivity contribution < 1.29 is 9.53 Å². The number of rotatable bonds is 4. The van der Waals surface area contributed by atoms with Crippen LogP contribution in [-0.2, 0) is 16.6 Å². The summed E-state index contributed by atoms with van der Waals surface area (Å²) in [6, 6.07) is 0.0162. The molecule has 1 N–H and O–H groups in total. The zero-order valence-electron chi connectivity index (χ0n) is 11.2. The summed E-state index contributed by atoms with van der Waals surface area (Å²) in [4.78, 5) is 15.7. The number of hydrogen-bond donors (Lipinski definition) is 1. The van der Waals surface area contributed by atoms with Gasteiger partial charge in [0.05, 0.1) is 12.6 Å². The van der Waals surface area contributed by atoms with Gasteiger partial charge in [-0.05, 0) is 27.7 Å². The number of aryl methyl sites for hydroxylation is 1. The Balaban J connectivity index is 2.41. The summed E-state index contributed by atoms with van der Waals surface area (Å²) in [5.74, 6) is 0.645. The van der Waals surface area contributed by atoms with E-state index >= 15 is 0 Å². The van der Waals surface area contributed by atoms with Gasteiger partial charge in [-0.2, -0.15) is 0 Å². The maximum absolute atomic E-state index is 11.5. The molecule has 1 rings (SSSR count). The summed E-state index contributed by atoms with van der Waals surface area (Å²) < 4.78 is 7.13. The SMILES string of the molecule is CC(NCC(=O)OC(C)(C)C)c1nccn1C. The molecular weight excluding hydrogens is 218 g/mol. The lowest BCUT2D eigenvalue weighted by Crippen LogP contribution is -2.33. The van der Waals surface area contributed by atoms with Crippen LogP contribution < -0.4 is 5.32 Å². The van der Waals surface area contributed by atoms with Crippen molar-refractivity contribution in [3.8, 4) is 0 Å². The van der Waals surface area contributed by atoms with Crippen LogP contribution in [0.3, 0.4) is 0 Å². The Morgan fingerprint density at radius 1 is 1.59 bits per heavy atom. The predicted octanol–water partition coefficient (Wildman–Crippen LogP) is 1.41. The van der Waals surface area contributed by atoms with Gasteiger partial charge in [0, 0.05) is 19.4 Å². The number of imidazole rings is 1. The molecule has 5 heteroatoms. The van der Waals surface area contributed by atoms with Crippen molar-refractivity contribution in [3.05, 3.63) is 18.2 Å². The Morgan fingerprint density at radius 3 is 2.71 bits per heavy atom. The second-order valence-electron chi connectivity index (χ2n) is 5.09. The predicted molar refractivity (Wildman–Crippen MR) is 65.5 cm³/mol. The lowest BCUT2D eigenvalue weighted by molar-refractivity contribution is -0.153. The van der Waals surface area contributed by atoms with E-state index in [0.717, 1.165) is 5.82 Å². The van der Waals surface area contributed by atoms with Gasteiger partial charge < -0.3 is 9.30 Å². The summed E-state index contributed by atoms with van der Waals surface area (Å²) >= 11 is 0. The summed E-state index contributed by atoms with van der Waals surface area (Å²) in [6.45, 7) is 7.71. The molecule has 0 aliphatic carbocycles. The average molecular weight is 239 g/mol. The largest absolute Gasteiger partial charge is 0.459 e. The maximum Gasteiger partial charge on any atom is 0.320 e. The van der Waals surface area contributed by atoms with E-state index in [9.17, 15) is 4.79 Å². The van der Waals surface area contributed by atoms with Gasteiger partial charge in [-0.25, -0.2) is 4.98 Å². The van der Waals surface area contributed by atoms with E-state index < -0.39 is 5.60 Å². The Hall–Kier alpha value is -1.36. The molecule has 0 saturated heterocycles. The second kappa shape index (κ2) is 5.31. The van der Waals surface area contributed by atoms with Crippen molar-refractivity contribution in [2.24, 2.45) is 7.05 Å². The van der Waals surface area contributed by atoms with Crippen molar-refractivity contribution in [2.45, 2.75) is 39.3 Å². The highest BCUT2D eigenvalue weighted by atomic mass is 16.6. The molecule has 0 saturated carbocycles. The number of nitrogens with one attached hydrogen (secondary N) is 1. The third-order valence-electron chi connectivity index (χ3n) is 2.22. The van der Waals surface area contributed by atoms with E-state index in [-0.39, 0.29) is 18.6 Å². The highest BCUT2D eigenvalue weighted by molar-refractivity contribution is 5.72. The van der Waals surface area contributed by atoms with Gasteiger partial charge in [-0.1, -0.05) is 0 Å². The van der Waals surface area contributed by atoms with Crippen molar-refractivity contribution in [1.82, 2.24) is 14.9 Å². The quantitative estimate of drug-likeness (QED) is 0.807. The summed E-state index contributed by atoms with van der Waals surface area (Å²) in [5.41, 5.74) is -0.439. The number of carbonyl (C=O) groups is 1. The number of ether oxygens (including phenoxy) is 1. The number of nitrogens with zero attached hydrogens (tertiary/aromatic N) is 2. The normalized spacial score (nSPS) is 13.5. The molecule has 17 heavy (non-hydrogen) atoms. The maximum atomic E-state index is 11.5.